The second-order valence-corrected chi connectivity index (χ2v) is 8.23. The zero-order valence-electron chi connectivity index (χ0n) is 18.8. The molecule has 1 fully saturated rings. The van der Waals surface area contributed by atoms with Crippen LogP contribution in [0.15, 0.2) is 36.4 Å². The fourth-order valence-electron chi connectivity index (χ4n) is 4.41. The SMILES string of the molecule is COc1cccc(C(=O)NCC2CCCN(C(C)c3ccc(OC)c(C)c3C)C2)c1. The lowest BCUT2D eigenvalue weighted by Gasteiger charge is -2.38. The van der Waals surface area contributed by atoms with E-state index in [4.69, 9.17) is 9.47 Å². The smallest absolute Gasteiger partial charge is 0.251 e. The first-order valence-electron chi connectivity index (χ1n) is 10.7. The number of ether oxygens (including phenoxy) is 2. The Morgan fingerprint density at radius 3 is 2.70 bits per heavy atom. The molecule has 1 aliphatic heterocycles. The van der Waals surface area contributed by atoms with Crippen molar-refractivity contribution in [2.45, 2.75) is 39.7 Å². The van der Waals surface area contributed by atoms with Gasteiger partial charge in [-0.15, -0.1) is 0 Å². The van der Waals surface area contributed by atoms with E-state index in [9.17, 15) is 4.79 Å². The van der Waals surface area contributed by atoms with Gasteiger partial charge in [0.25, 0.3) is 5.91 Å². The normalized spacial score (nSPS) is 18.0. The van der Waals surface area contributed by atoms with E-state index in [0.717, 1.165) is 31.7 Å². The van der Waals surface area contributed by atoms with Crippen LogP contribution in [0.2, 0.25) is 0 Å². The molecule has 3 rings (SSSR count). The molecule has 2 aromatic carbocycles. The summed E-state index contributed by atoms with van der Waals surface area (Å²) < 4.78 is 10.7. The van der Waals surface area contributed by atoms with E-state index >= 15 is 0 Å². The summed E-state index contributed by atoms with van der Waals surface area (Å²) in [5.41, 5.74) is 4.50. The maximum Gasteiger partial charge on any atom is 0.251 e. The second kappa shape index (κ2) is 9.98. The van der Waals surface area contributed by atoms with Gasteiger partial charge in [0.15, 0.2) is 0 Å². The van der Waals surface area contributed by atoms with Gasteiger partial charge in [-0.2, -0.15) is 0 Å². The predicted octanol–water partition coefficient (Wildman–Crippen LogP) is 4.52. The van der Waals surface area contributed by atoms with Crippen LogP contribution >= 0.6 is 0 Å². The van der Waals surface area contributed by atoms with Crippen molar-refractivity contribution in [3.05, 3.63) is 58.7 Å². The van der Waals surface area contributed by atoms with Crippen LogP contribution in [-0.4, -0.2) is 44.7 Å². The maximum absolute atomic E-state index is 12.5. The Kier molecular flexibility index (Phi) is 7.38. The van der Waals surface area contributed by atoms with Crippen LogP contribution < -0.4 is 14.8 Å². The molecule has 5 nitrogen and oxygen atoms in total. The highest BCUT2D eigenvalue weighted by Gasteiger charge is 2.26. The fraction of sp³-hybridized carbons (Fsp3) is 0.480. The molecule has 1 saturated heterocycles. The lowest BCUT2D eigenvalue weighted by Crippen LogP contribution is -2.42. The molecule has 0 aromatic heterocycles. The zero-order valence-corrected chi connectivity index (χ0v) is 18.8. The van der Waals surface area contributed by atoms with E-state index in [0.29, 0.717) is 29.8 Å². The van der Waals surface area contributed by atoms with Crippen molar-refractivity contribution in [1.29, 1.82) is 0 Å². The molecule has 1 aliphatic rings. The second-order valence-electron chi connectivity index (χ2n) is 8.23. The van der Waals surface area contributed by atoms with Crippen LogP contribution in [0, 0.1) is 19.8 Å². The highest BCUT2D eigenvalue weighted by atomic mass is 16.5. The van der Waals surface area contributed by atoms with Crippen molar-refractivity contribution < 1.29 is 14.3 Å². The summed E-state index contributed by atoms with van der Waals surface area (Å²) in [5.74, 6) is 2.06. The molecule has 0 spiro atoms. The summed E-state index contributed by atoms with van der Waals surface area (Å²) in [6.45, 7) is 9.36. The molecule has 0 saturated carbocycles. The number of hydrogen-bond donors (Lipinski definition) is 1. The first-order chi connectivity index (χ1) is 14.4. The first kappa shape index (κ1) is 22.2. The number of piperidine rings is 1. The Morgan fingerprint density at radius 1 is 1.17 bits per heavy atom. The highest BCUT2D eigenvalue weighted by Crippen LogP contribution is 2.32. The lowest BCUT2D eigenvalue weighted by molar-refractivity contribution is 0.0917. The Labute approximate surface area is 180 Å². The van der Waals surface area contributed by atoms with Crippen LogP contribution in [0.3, 0.4) is 0 Å². The summed E-state index contributed by atoms with van der Waals surface area (Å²) in [5, 5.41) is 3.12. The topological polar surface area (TPSA) is 50.8 Å². The summed E-state index contributed by atoms with van der Waals surface area (Å²) in [7, 11) is 3.33. The largest absolute Gasteiger partial charge is 0.497 e. The van der Waals surface area contributed by atoms with Gasteiger partial charge in [-0.1, -0.05) is 12.1 Å². The Bertz CT molecular complexity index is 881. The number of nitrogens with zero attached hydrogens (tertiary/aromatic N) is 1. The van der Waals surface area contributed by atoms with Crippen molar-refractivity contribution in [3.8, 4) is 11.5 Å². The molecule has 1 amide bonds. The summed E-state index contributed by atoms with van der Waals surface area (Å²) >= 11 is 0. The van der Waals surface area contributed by atoms with Crippen LogP contribution in [0.4, 0.5) is 0 Å². The highest BCUT2D eigenvalue weighted by molar-refractivity contribution is 5.94. The van der Waals surface area contributed by atoms with Crippen LogP contribution in [0.25, 0.3) is 0 Å². The number of amides is 1. The molecule has 2 aromatic rings. The van der Waals surface area contributed by atoms with E-state index in [1.165, 1.54) is 16.7 Å². The Morgan fingerprint density at radius 2 is 1.97 bits per heavy atom. The van der Waals surface area contributed by atoms with Gasteiger partial charge in [0, 0.05) is 24.7 Å². The van der Waals surface area contributed by atoms with Crippen LogP contribution in [0.5, 0.6) is 11.5 Å². The van der Waals surface area contributed by atoms with Gasteiger partial charge < -0.3 is 14.8 Å². The Hall–Kier alpha value is -2.53. The first-order valence-corrected chi connectivity index (χ1v) is 10.7. The number of likely N-dealkylation sites (tertiary alicyclic amines) is 1. The van der Waals surface area contributed by atoms with Gasteiger partial charge in [0.1, 0.15) is 11.5 Å². The number of hydrogen-bond acceptors (Lipinski definition) is 4. The maximum atomic E-state index is 12.5. The fourth-order valence-corrected chi connectivity index (χ4v) is 4.41. The summed E-state index contributed by atoms with van der Waals surface area (Å²) in [6.07, 6.45) is 2.29. The average Bonchev–Trinajstić information content (AvgIpc) is 2.79. The van der Waals surface area contributed by atoms with Gasteiger partial charge in [-0.05, 0) is 87.0 Å². The number of carbonyl (C=O) groups is 1. The van der Waals surface area contributed by atoms with E-state index in [1.807, 2.05) is 18.2 Å². The summed E-state index contributed by atoms with van der Waals surface area (Å²) in [4.78, 5) is 15.1. The molecular weight excluding hydrogens is 376 g/mol. The lowest BCUT2D eigenvalue weighted by atomic mass is 9.92. The third kappa shape index (κ3) is 4.96. The van der Waals surface area contributed by atoms with Crippen molar-refractivity contribution >= 4 is 5.91 Å². The minimum Gasteiger partial charge on any atom is -0.497 e. The van der Waals surface area contributed by atoms with E-state index < -0.39 is 0 Å². The number of benzene rings is 2. The number of nitrogens with one attached hydrogen (secondary N) is 1. The minimum absolute atomic E-state index is 0.0410. The molecule has 0 radical (unpaired) electrons. The molecule has 162 valence electrons. The van der Waals surface area contributed by atoms with E-state index in [-0.39, 0.29) is 5.91 Å². The molecule has 5 heteroatoms. The molecule has 0 bridgehead atoms. The molecule has 2 unspecified atom stereocenters. The van der Waals surface area contributed by atoms with Gasteiger partial charge in [-0.3, -0.25) is 9.69 Å². The van der Waals surface area contributed by atoms with Crippen molar-refractivity contribution in [2.75, 3.05) is 33.9 Å². The monoisotopic (exact) mass is 410 g/mol. The number of rotatable bonds is 7. The predicted molar refractivity (Wildman–Crippen MR) is 121 cm³/mol. The third-order valence-corrected chi connectivity index (χ3v) is 6.43. The van der Waals surface area contributed by atoms with Crippen molar-refractivity contribution in [1.82, 2.24) is 10.2 Å². The van der Waals surface area contributed by atoms with Gasteiger partial charge in [0.05, 0.1) is 14.2 Å². The van der Waals surface area contributed by atoms with Crippen molar-refractivity contribution in [3.63, 3.8) is 0 Å². The molecule has 1 N–H and O–H groups in total. The van der Waals surface area contributed by atoms with Crippen molar-refractivity contribution in [2.24, 2.45) is 5.92 Å². The quantitative estimate of drug-likeness (QED) is 0.729. The molecule has 1 heterocycles. The van der Waals surface area contributed by atoms with Crippen LogP contribution in [-0.2, 0) is 0 Å². The van der Waals surface area contributed by atoms with Gasteiger partial charge in [0.2, 0.25) is 0 Å². The number of methoxy groups -OCH3 is 2. The standard InChI is InChI=1S/C25H34N2O3/c1-17-18(2)24(30-5)12-11-23(17)19(3)27-13-7-8-20(16-27)15-26-25(28)21-9-6-10-22(14-21)29-4/h6,9-12,14,19-20H,7-8,13,15-16H2,1-5H3,(H,26,28). The molecule has 0 aliphatic carbocycles. The average molecular weight is 411 g/mol. The Balaban J connectivity index is 1.61. The van der Waals surface area contributed by atoms with Gasteiger partial charge >= 0.3 is 0 Å². The molecular formula is C25H34N2O3. The summed E-state index contributed by atoms with van der Waals surface area (Å²) in [6, 6.07) is 11.9. The van der Waals surface area contributed by atoms with E-state index in [1.54, 1.807) is 20.3 Å². The minimum atomic E-state index is -0.0410. The van der Waals surface area contributed by atoms with E-state index in [2.05, 4.69) is 43.1 Å². The van der Waals surface area contributed by atoms with Crippen LogP contribution in [0.1, 0.15) is 52.9 Å². The molecule has 2 atom stereocenters. The zero-order chi connectivity index (χ0) is 21.7. The molecule has 30 heavy (non-hydrogen) atoms. The van der Waals surface area contributed by atoms with Gasteiger partial charge in [-0.25, -0.2) is 0 Å². The third-order valence-electron chi connectivity index (χ3n) is 6.43. The number of carbonyl (C=O) groups excluding carboxylic acids is 1.